The zero-order valence-electron chi connectivity index (χ0n) is 38.0. The molecule has 4 N–H and O–H groups in total. The Balaban J connectivity index is 2.26. The van der Waals surface area contributed by atoms with Crippen molar-refractivity contribution in [1.82, 2.24) is 0 Å². The second kappa shape index (κ2) is 40.5. The van der Waals surface area contributed by atoms with Gasteiger partial charge < -0.3 is 39.4 Å². The second-order valence-electron chi connectivity index (χ2n) is 17.3. The fraction of sp³-hybridized carbons (Fsp3) is 0.918. The van der Waals surface area contributed by atoms with Crippen LogP contribution in [0.15, 0.2) is 12.2 Å². The number of esters is 2. The summed E-state index contributed by atoms with van der Waals surface area (Å²) in [7, 11) is 0. The largest absolute Gasteiger partial charge is 0.462 e. The summed E-state index contributed by atoms with van der Waals surface area (Å²) in [6.45, 7) is 3.44. The van der Waals surface area contributed by atoms with E-state index in [2.05, 4.69) is 26.0 Å². The molecule has 2 unspecified atom stereocenters. The molecule has 348 valence electrons. The first-order chi connectivity index (χ1) is 28.8. The van der Waals surface area contributed by atoms with Crippen LogP contribution in [0.2, 0.25) is 0 Å². The molecule has 0 amide bonds. The number of ether oxygens (including phenoxy) is 4. The lowest BCUT2D eigenvalue weighted by Crippen LogP contribution is -2.59. The lowest BCUT2D eigenvalue weighted by Gasteiger charge is -2.39. The van der Waals surface area contributed by atoms with Crippen molar-refractivity contribution in [3.63, 3.8) is 0 Å². The van der Waals surface area contributed by atoms with Gasteiger partial charge in [-0.05, 0) is 38.5 Å². The first-order valence-corrected chi connectivity index (χ1v) is 24.8. The maximum atomic E-state index is 12.8. The van der Waals surface area contributed by atoms with E-state index in [0.717, 1.165) is 44.9 Å². The Labute approximate surface area is 361 Å². The zero-order chi connectivity index (χ0) is 43.0. The van der Waals surface area contributed by atoms with Crippen molar-refractivity contribution < 1.29 is 49.0 Å². The van der Waals surface area contributed by atoms with Gasteiger partial charge in [-0.1, -0.05) is 193 Å². The molecule has 59 heavy (non-hydrogen) atoms. The average molecular weight is 841 g/mol. The van der Waals surface area contributed by atoms with Crippen LogP contribution in [0, 0.1) is 0 Å². The molecular formula is C49H92O10. The van der Waals surface area contributed by atoms with Crippen LogP contribution in [-0.2, 0) is 28.5 Å². The van der Waals surface area contributed by atoms with E-state index in [4.69, 9.17) is 18.9 Å². The Morgan fingerprint density at radius 1 is 0.508 bits per heavy atom. The van der Waals surface area contributed by atoms with Crippen molar-refractivity contribution in [2.24, 2.45) is 0 Å². The van der Waals surface area contributed by atoms with Crippen molar-refractivity contribution in [2.75, 3.05) is 19.8 Å². The van der Waals surface area contributed by atoms with Crippen molar-refractivity contribution in [2.45, 2.75) is 269 Å². The average Bonchev–Trinajstić information content (AvgIpc) is 3.23. The molecule has 0 saturated carbocycles. The molecule has 1 aliphatic rings. The van der Waals surface area contributed by atoms with E-state index >= 15 is 0 Å². The highest BCUT2D eigenvalue weighted by molar-refractivity contribution is 5.70. The minimum Gasteiger partial charge on any atom is -0.462 e. The number of hydrogen-bond donors (Lipinski definition) is 4. The molecule has 1 saturated heterocycles. The van der Waals surface area contributed by atoms with Gasteiger partial charge in [0.2, 0.25) is 0 Å². The summed E-state index contributed by atoms with van der Waals surface area (Å²) in [4.78, 5) is 25.4. The van der Waals surface area contributed by atoms with Crippen molar-refractivity contribution in [3.8, 4) is 0 Å². The van der Waals surface area contributed by atoms with Crippen LogP contribution in [0.1, 0.15) is 232 Å². The van der Waals surface area contributed by atoms with Gasteiger partial charge in [0.15, 0.2) is 12.4 Å². The third kappa shape index (κ3) is 31.9. The number of carbonyl (C=O) groups excluding carboxylic acids is 2. The SMILES string of the molecule is CCCCCC/C=C/CCCCCCCCCC(=O)O[C@@H](COC(=O)CCCCCCCCCCCCCCCCCCCCC)CO[C@H]1O[C@@H](CO)[C@@H](O)C(O)C1O. The molecule has 6 atom stereocenters. The fourth-order valence-corrected chi connectivity index (χ4v) is 7.71. The van der Waals surface area contributed by atoms with Crippen LogP contribution < -0.4 is 0 Å². The highest BCUT2D eigenvalue weighted by atomic mass is 16.7. The minimum absolute atomic E-state index is 0.213. The quantitative estimate of drug-likeness (QED) is 0.0265. The topological polar surface area (TPSA) is 152 Å². The van der Waals surface area contributed by atoms with Gasteiger partial charge in [0, 0.05) is 12.8 Å². The molecule has 10 heteroatoms. The normalized spacial score (nSPS) is 20.0. The predicted octanol–water partition coefficient (Wildman–Crippen LogP) is 11.1. The molecule has 1 heterocycles. The first-order valence-electron chi connectivity index (χ1n) is 24.8. The van der Waals surface area contributed by atoms with E-state index in [0.29, 0.717) is 6.42 Å². The monoisotopic (exact) mass is 841 g/mol. The van der Waals surface area contributed by atoms with E-state index in [1.54, 1.807) is 0 Å². The maximum absolute atomic E-state index is 12.8. The number of aliphatic hydroxyl groups is 4. The van der Waals surface area contributed by atoms with Crippen LogP contribution >= 0.6 is 0 Å². The number of aliphatic hydroxyl groups excluding tert-OH is 4. The zero-order valence-corrected chi connectivity index (χ0v) is 38.0. The molecular weight excluding hydrogens is 749 g/mol. The summed E-state index contributed by atoms with van der Waals surface area (Å²) in [6, 6.07) is 0. The highest BCUT2D eigenvalue weighted by Crippen LogP contribution is 2.23. The Kier molecular flexibility index (Phi) is 38.1. The van der Waals surface area contributed by atoms with E-state index in [-0.39, 0.29) is 32.0 Å². The molecule has 1 rings (SSSR count). The molecule has 1 fully saturated rings. The number of rotatable bonds is 42. The molecule has 1 aliphatic heterocycles. The summed E-state index contributed by atoms with van der Waals surface area (Å²) in [6.07, 6.45) is 36.4. The molecule has 0 radical (unpaired) electrons. The van der Waals surface area contributed by atoms with Gasteiger partial charge in [-0.25, -0.2) is 0 Å². The number of unbranched alkanes of at least 4 members (excludes halogenated alkanes) is 29. The molecule has 0 spiro atoms. The number of hydrogen-bond acceptors (Lipinski definition) is 10. The molecule has 10 nitrogen and oxygen atoms in total. The lowest BCUT2D eigenvalue weighted by molar-refractivity contribution is -0.305. The van der Waals surface area contributed by atoms with Gasteiger partial charge in [-0.15, -0.1) is 0 Å². The highest BCUT2D eigenvalue weighted by Gasteiger charge is 2.44. The maximum Gasteiger partial charge on any atom is 0.306 e. The smallest absolute Gasteiger partial charge is 0.306 e. The predicted molar refractivity (Wildman–Crippen MR) is 238 cm³/mol. The van der Waals surface area contributed by atoms with Crippen LogP contribution in [0.25, 0.3) is 0 Å². The first kappa shape index (κ1) is 55.5. The standard InChI is InChI=1S/C49H92O10/c1-3-5-7-9-11-13-15-17-19-20-21-22-24-25-27-29-31-33-35-37-44(51)56-40-42(41-57-49-48(55)47(54)46(53)43(39-50)59-49)58-45(52)38-36-34-32-30-28-26-23-18-16-14-12-10-8-6-4-2/h14,16,42-43,46-50,53-55H,3-13,15,17-41H2,1-2H3/b16-14+/t42-,43-,46+,47?,48?,49-/m0/s1. The van der Waals surface area contributed by atoms with Crippen molar-refractivity contribution in [1.29, 1.82) is 0 Å². The Morgan fingerprint density at radius 2 is 0.898 bits per heavy atom. The molecule has 0 aromatic carbocycles. The number of allylic oxidation sites excluding steroid dienone is 2. The van der Waals surface area contributed by atoms with E-state index in [1.165, 1.54) is 154 Å². The van der Waals surface area contributed by atoms with Gasteiger partial charge in [-0.2, -0.15) is 0 Å². The van der Waals surface area contributed by atoms with Crippen LogP contribution in [0.5, 0.6) is 0 Å². The summed E-state index contributed by atoms with van der Waals surface area (Å²) in [5, 5.41) is 40.1. The third-order valence-electron chi connectivity index (χ3n) is 11.7. The van der Waals surface area contributed by atoms with Gasteiger partial charge in [-0.3, -0.25) is 9.59 Å². The Bertz CT molecular complexity index is 974. The van der Waals surface area contributed by atoms with E-state index in [9.17, 15) is 30.0 Å². The molecule has 0 aromatic heterocycles. The Morgan fingerprint density at radius 3 is 1.34 bits per heavy atom. The second-order valence-corrected chi connectivity index (χ2v) is 17.3. The van der Waals surface area contributed by atoms with Crippen LogP contribution in [-0.4, -0.2) is 89.0 Å². The van der Waals surface area contributed by atoms with Crippen LogP contribution in [0.3, 0.4) is 0 Å². The lowest BCUT2D eigenvalue weighted by atomic mass is 9.99. The summed E-state index contributed by atoms with van der Waals surface area (Å²) < 4.78 is 22.2. The van der Waals surface area contributed by atoms with Gasteiger partial charge in [0.1, 0.15) is 31.0 Å². The van der Waals surface area contributed by atoms with Crippen molar-refractivity contribution in [3.05, 3.63) is 12.2 Å². The van der Waals surface area contributed by atoms with E-state index in [1.807, 2.05) is 0 Å². The van der Waals surface area contributed by atoms with Gasteiger partial charge in [0.25, 0.3) is 0 Å². The summed E-state index contributed by atoms with van der Waals surface area (Å²) in [5.41, 5.74) is 0. The Hall–Kier alpha value is -1.56. The van der Waals surface area contributed by atoms with E-state index < -0.39 is 49.4 Å². The van der Waals surface area contributed by atoms with Crippen molar-refractivity contribution >= 4 is 11.9 Å². The van der Waals surface area contributed by atoms with Crippen LogP contribution in [0.4, 0.5) is 0 Å². The van der Waals surface area contributed by atoms with Gasteiger partial charge >= 0.3 is 11.9 Å². The summed E-state index contributed by atoms with van der Waals surface area (Å²) in [5.74, 6) is -0.798. The molecule has 0 aromatic rings. The third-order valence-corrected chi connectivity index (χ3v) is 11.7. The van der Waals surface area contributed by atoms with Gasteiger partial charge in [0.05, 0.1) is 13.2 Å². The summed E-state index contributed by atoms with van der Waals surface area (Å²) >= 11 is 0. The minimum atomic E-state index is -1.59. The fourth-order valence-electron chi connectivity index (χ4n) is 7.71. The number of carbonyl (C=O) groups is 2. The molecule has 0 aliphatic carbocycles. The molecule has 0 bridgehead atoms.